The molecule has 0 unspecified atom stereocenters. The Morgan fingerprint density at radius 2 is 2.04 bits per heavy atom. The largest absolute Gasteiger partial charge is 0.493 e. The van der Waals surface area contributed by atoms with Crippen LogP contribution in [-0.4, -0.2) is 12.5 Å². The second-order valence-corrected chi connectivity index (χ2v) is 6.12. The highest BCUT2D eigenvalue weighted by molar-refractivity contribution is 14.1. The quantitative estimate of drug-likeness (QED) is 0.428. The minimum Gasteiger partial charge on any atom is -0.493 e. The van der Waals surface area contributed by atoms with E-state index in [9.17, 15) is 10.1 Å². The highest BCUT2D eigenvalue weighted by atomic mass is 127. The molecule has 1 amide bonds. The fraction of sp³-hybridized carbons (Fsp3) is 0.158. The molecule has 24 heavy (non-hydrogen) atoms. The normalized spacial score (nSPS) is 10.8. The third-order valence-electron chi connectivity index (χ3n) is 3.23. The second kappa shape index (κ2) is 9.08. The van der Waals surface area contributed by atoms with Crippen LogP contribution in [0.5, 0.6) is 5.75 Å². The van der Waals surface area contributed by atoms with E-state index >= 15 is 0 Å². The smallest absolute Gasteiger partial charge is 0.262 e. The average molecular weight is 432 g/mol. The molecule has 2 rings (SSSR count). The van der Waals surface area contributed by atoms with E-state index in [1.165, 1.54) is 0 Å². The summed E-state index contributed by atoms with van der Waals surface area (Å²) in [6, 6.07) is 17.1. The first-order chi connectivity index (χ1) is 11.6. The summed E-state index contributed by atoms with van der Waals surface area (Å²) in [5.74, 6) is 0.410. The average Bonchev–Trinajstić information content (AvgIpc) is 2.61. The minimum absolute atomic E-state index is 0.0749. The second-order valence-electron chi connectivity index (χ2n) is 4.96. The number of nitrogens with one attached hydrogen (secondary N) is 1. The Morgan fingerprint density at radius 1 is 1.29 bits per heavy atom. The highest BCUT2D eigenvalue weighted by Gasteiger charge is 2.09. The SMILES string of the molecule is CCOc1ccc(/C=C(\C#N)C(=O)NCc2ccccc2)cc1I. The van der Waals surface area contributed by atoms with Gasteiger partial charge in [0.15, 0.2) is 0 Å². The third-order valence-corrected chi connectivity index (χ3v) is 4.07. The van der Waals surface area contributed by atoms with Crippen molar-refractivity contribution >= 4 is 34.6 Å². The van der Waals surface area contributed by atoms with Crippen LogP contribution in [0.2, 0.25) is 0 Å². The summed E-state index contributed by atoms with van der Waals surface area (Å²) in [4.78, 5) is 12.2. The van der Waals surface area contributed by atoms with E-state index in [1.807, 2.05) is 61.5 Å². The van der Waals surface area contributed by atoms with Crippen LogP contribution in [0.1, 0.15) is 18.1 Å². The number of halogens is 1. The fourth-order valence-corrected chi connectivity index (χ4v) is 2.76. The van der Waals surface area contributed by atoms with Crippen molar-refractivity contribution in [1.82, 2.24) is 5.32 Å². The van der Waals surface area contributed by atoms with Crippen LogP contribution in [0.4, 0.5) is 0 Å². The van der Waals surface area contributed by atoms with Gasteiger partial charge < -0.3 is 10.1 Å². The predicted octanol–water partition coefficient (Wildman–Crippen LogP) is 3.91. The lowest BCUT2D eigenvalue weighted by Crippen LogP contribution is -2.23. The van der Waals surface area contributed by atoms with E-state index < -0.39 is 0 Å². The molecule has 5 heteroatoms. The van der Waals surface area contributed by atoms with Gasteiger partial charge in [-0.25, -0.2) is 0 Å². The lowest BCUT2D eigenvalue weighted by atomic mass is 10.1. The number of amides is 1. The molecule has 0 radical (unpaired) electrons. The van der Waals surface area contributed by atoms with Crippen molar-refractivity contribution in [2.45, 2.75) is 13.5 Å². The zero-order valence-corrected chi connectivity index (χ0v) is 15.4. The summed E-state index contributed by atoms with van der Waals surface area (Å²) >= 11 is 2.17. The summed E-state index contributed by atoms with van der Waals surface area (Å²) < 4.78 is 6.42. The maximum atomic E-state index is 12.2. The minimum atomic E-state index is -0.384. The fourth-order valence-electron chi connectivity index (χ4n) is 2.07. The molecule has 2 aromatic carbocycles. The van der Waals surface area contributed by atoms with Crippen LogP contribution >= 0.6 is 22.6 Å². The van der Waals surface area contributed by atoms with Gasteiger partial charge in [-0.05, 0) is 58.9 Å². The van der Waals surface area contributed by atoms with E-state index in [2.05, 4.69) is 27.9 Å². The van der Waals surface area contributed by atoms with Gasteiger partial charge >= 0.3 is 0 Å². The maximum Gasteiger partial charge on any atom is 0.262 e. The summed E-state index contributed by atoms with van der Waals surface area (Å²) in [6.45, 7) is 2.91. The number of rotatable bonds is 6. The van der Waals surface area contributed by atoms with Gasteiger partial charge in [-0.1, -0.05) is 36.4 Å². The van der Waals surface area contributed by atoms with E-state index in [0.717, 1.165) is 20.4 Å². The van der Waals surface area contributed by atoms with E-state index in [4.69, 9.17) is 4.74 Å². The van der Waals surface area contributed by atoms with Gasteiger partial charge in [0.25, 0.3) is 5.91 Å². The Morgan fingerprint density at radius 3 is 2.67 bits per heavy atom. The van der Waals surface area contributed by atoms with Gasteiger partial charge in [-0.3, -0.25) is 4.79 Å². The van der Waals surface area contributed by atoms with E-state index in [-0.39, 0.29) is 11.5 Å². The van der Waals surface area contributed by atoms with E-state index in [0.29, 0.717) is 13.2 Å². The Bertz CT molecular complexity index is 780. The molecule has 0 saturated carbocycles. The van der Waals surface area contributed by atoms with Gasteiger partial charge in [0.2, 0.25) is 0 Å². The number of carbonyl (C=O) groups excluding carboxylic acids is 1. The molecule has 0 heterocycles. The van der Waals surface area contributed by atoms with Crippen molar-refractivity contribution in [2.24, 2.45) is 0 Å². The highest BCUT2D eigenvalue weighted by Crippen LogP contribution is 2.23. The van der Waals surface area contributed by atoms with Crippen molar-refractivity contribution in [3.63, 3.8) is 0 Å². The van der Waals surface area contributed by atoms with E-state index in [1.54, 1.807) is 6.08 Å². The van der Waals surface area contributed by atoms with Crippen LogP contribution in [-0.2, 0) is 11.3 Å². The molecule has 0 aliphatic heterocycles. The zero-order chi connectivity index (χ0) is 17.4. The first-order valence-electron chi connectivity index (χ1n) is 7.50. The van der Waals surface area contributed by atoms with Gasteiger partial charge in [0.05, 0.1) is 10.2 Å². The van der Waals surface area contributed by atoms with Gasteiger partial charge in [0.1, 0.15) is 17.4 Å². The van der Waals surface area contributed by atoms with Crippen LogP contribution in [0.25, 0.3) is 6.08 Å². The molecule has 0 bridgehead atoms. The molecule has 122 valence electrons. The summed E-state index contributed by atoms with van der Waals surface area (Å²) in [5, 5.41) is 12.0. The van der Waals surface area contributed by atoms with Gasteiger partial charge in [-0.2, -0.15) is 5.26 Å². The molecule has 0 aliphatic rings. The van der Waals surface area contributed by atoms with Crippen LogP contribution in [0.3, 0.4) is 0 Å². The van der Waals surface area contributed by atoms with Crippen LogP contribution in [0, 0.1) is 14.9 Å². The molecule has 0 atom stereocenters. The number of hydrogen-bond acceptors (Lipinski definition) is 3. The first-order valence-corrected chi connectivity index (χ1v) is 8.58. The van der Waals surface area contributed by atoms with Crippen molar-refractivity contribution in [3.8, 4) is 11.8 Å². The first kappa shape index (κ1) is 18.0. The molecule has 0 spiro atoms. The number of hydrogen-bond donors (Lipinski definition) is 1. The lowest BCUT2D eigenvalue weighted by Gasteiger charge is -2.07. The topological polar surface area (TPSA) is 62.1 Å². The number of nitrogens with zero attached hydrogens (tertiary/aromatic N) is 1. The van der Waals surface area contributed by atoms with Crippen molar-refractivity contribution < 1.29 is 9.53 Å². The molecule has 4 nitrogen and oxygen atoms in total. The van der Waals surface area contributed by atoms with Gasteiger partial charge in [0, 0.05) is 6.54 Å². The van der Waals surface area contributed by atoms with Crippen molar-refractivity contribution in [1.29, 1.82) is 5.26 Å². The maximum absolute atomic E-state index is 12.2. The number of nitriles is 1. The predicted molar refractivity (Wildman–Crippen MR) is 102 cm³/mol. The number of ether oxygens (including phenoxy) is 1. The third kappa shape index (κ3) is 5.10. The molecular formula is C19H17IN2O2. The van der Waals surface area contributed by atoms with Crippen LogP contribution in [0.15, 0.2) is 54.1 Å². The van der Waals surface area contributed by atoms with Gasteiger partial charge in [-0.15, -0.1) is 0 Å². The standard InChI is InChI=1S/C19H17IN2O2/c1-2-24-18-9-8-15(11-17(18)20)10-16(12-21)19(23)22-13-14-6-4-3-5-7-14/h3-11H,2,13H2,1H3,(H,22,23)/b16-10+. The molecule has 0 fully saturated rings. The Kier molecular flexibility index (Phi) is 6.82. The molecule has 0 saturated heterocycles. The molecule has 0 aromatic heterocycles. The van der Waals surface area contributed by atoms with Crippen LogP contribution < -0.4 is 10.1 Å². The van der Waals surface area contributed by atoms with Crippen molar-refractivity contribution in [3.05, 3.63) is 68.8 Å². The summed E-state index contributed by atoms with van der Waals surface area (Å²) in [7, 11) is 0. The lowest BCUT2D eigenvalue weighted by molar-refractivity contribution is -0.117. The summed E-state index contributed by atoms with van der Waals surface area (Å²) in [5.41, 5.74) is 1.85. The molecule has 1 N–H and O–H groups in total. The Balaban J connectivity index is 2.09. The Hall–Kier alpha value is -2.33. The number of benzene rings is 2. The monoisotopic (exact) mass is 432 g/mol. The van der Waals surface area contributed by atoms with Crippen molar-refractivity contribution in [2.75, 3.05) is 6.61 Å². The Labute approximate surface area is 155 Å². The molecule has 0 aliphatic carbocycles. The number of carbonyl (C=O) groups is 1. The molecular weight excluding hydrogens is 415 g/mol. The zero-order valence-electron chi connectivity index (χ0n) is 13.3. The molecule has 2 aromatic rings. The summed E-state index contributed by atoms with van der Waals surface area (Å²) in [6.07, 6.45) is 1.58.